The van der Waals surface area contributed by atoms with Gasteiger partial charge >= 0.3 is 0 Å². The fourth-order valence-electron chi connectivity index (χ4n) is 6.95. The van der Waals surface area contributed by atoms with Crippen LogP contribution in [0.2, 0.25) is 0 Å². The summed E-state index contributed by atoms with van der Waals surface area (Å²) in [5.41, 5.74) is 1.86. The minimum Gasteiger partial charge on any atom is -0.489 e. The molecule has 2 aromatic rings. The molecule has 12 nitrogen and oxygen atoms in total. The molecular weight excluding hydrogens is 630 g/mol. The highest BCUT2D eigenvalue weighted by molar-refractivity contribution is 5.95. The Morgan fingerprint density at radius 2 is 1.61 bits per heavy atom. The quantitative estimate of drug-likeness (QED) is 0.131. The Hall–Kier alpha value is -3.13. The summed E-state index contributed by atoms with van der Waals surface area (Å²) in [7, 11) is 1.61. The number of aliphatic hydroxyl groups excluding tert-OH is 3. The Balaban J connectivity index is 1.43. The number of amides is 2. The summed E-state index contributed by atoms with van der Waals surface area (Å²) in [6.07, 6.45) is 3.80. The van der Waals surface area contributed by atoms with Gasteiger partial charge in [-0.05, 0) is 41.5 Å². The highest BCUT2D eigenvalue weighted by Gasteiger charge is 2.42. The largest absolute Gasteiger partial charge is 0.489 e. The maximum atomic E-state index is 13.7. The van der Waals surface area contributed by atoms with Crippen molar-refractivity contribution in [1.29, 1.82) is 0 Å². The van der Waals surface area contributed by atoms with E-state index in [9.17, 15) is 24.9 Å². The molecule has 0 aliphatic heterocycles. The lowest BCUT2D eigenvalue weighted by atomic mass is 9.79. The molecule has 49 heavy (non-hydrogen) atoms. The predicted octanol–water partition coefficient (Wildman–Crippen LogP) is 2.98. The summed E-state index contributed by atoms with van der Waals surface area (Å²) in [5, 5.41) is 40.0. The molecule has 0 radical (unpaired) electrons. The zero-order valence-electron chi connectivity index (χ0n) is 29.1. The molecule has 0 bridgehead atoms. The third kappa shape index (κ3) is 11.2. The van der Waals surface area contributed by atoms with Crippen molar-refractivity contribution in [3.63, 3.8) is 0 Å². The van der Waals surface area contributed by atoms with Crippen LogP contribution in [0.5, 0.6) is 5.75 Å². The first-order chi connectivity index (χ1) is 23.7. The third-order valence-corrected chi connectivity index (χ3v) is 9.56. The van der Waals surface area contributed by atoms with E-state index in [0.717, 1.165) is 43.2 Å². The van der Waals surface area contributed by atoms with Crippen LogP contribution in [0, 0.1) is 17.8 Å². The molecule has 6 atom stereocenters. The molecule has 0 spiro atoms. The number of benzene rings is 1. The maximum Gasteiger partial charge on any atom is 0.274 e. The minimum atomic E-state index is -1.49. The zero-order valence-corrected chi connectivity index (χ0v) is 29.1. The molecule has 0 saturated heterocycles. The highest BCUT2D eigenvalue weighted by Crippen LogP contribution is 2.33. The van der Waals surface area contributed by atoms with Crippen molar-refractivity contribution in [3.05, 3.63) is 59.4 Å². The van der Waals surface area contributed by atoms with E-state index in [-0.39, 0.29) is 36.5 Å². The first kappa shape index (κ1) is 38.7. The van der Waals surface area contributed by atoms with Gasteiger partial charge in [-0.1, -0.05) is 70.2 Å². The van der Waals surface area contributed by atoms with E-state index >= 15 is 0 Å². The van der Waals surface area contributed by atoms with Crippen molar-refractivity contribution in [1.82, 2.24) is 15.6 Å². The number of ether oxygens (including phenoxy) is 4. The number of carbonyl (C=O) groups excluding carboxylic acids is 2. The van der Waals surface area contributed by atoms with Gasteiger partial charge in [-0.2, -0.15) is 0 Å². The number of carbonyl (C=O) groups is 2. The van der Waals surface area contributed by atoms with Gasteiger partial charge in [0.25, 0.3) is 5.91 Å². The molecule has 1 saturated carbocycles. The number of nitrogens with zero attached hydrogens (tertiary/aromatic N) is 1. The molecule has 1 aromatic heterocycles. The van der Waals surface area contributed by atoms with Crippen molar-refractivity contribution < 1.29 is 43.9 Å². The number of aliphatic hydroxyl groups is 3. The van der Waals surface area contributed by atoms with Gasteiger partial charge in [0.2, 0.25) is 5.91 Å². The van der Waals surface area contributed by atoms with E-state index in [1.165, 1.54) is 6.20 Å². The van der Waals surface area contributed by atoms with E-state index < -0.39 is 48.1 Å². The number of nitrogens with one attached hydrogen (secondary N) is 2. The summed E-state index contributed by atoms with van der Waals surface area (Å²) in [6.45, 7) is 5.90. The molecule has 1 heterocycles. The molecule has 1 fully saturated rings. The maximum absolute atomic E-state index is 13.7. The van der Waals surface area contributed by atoms with E-state index in [4.69, 9.17) is 18.9 Å². The lowest BCUT2D eigenvalue weighted by Gasteiger charge is -2.36. The highest BCUT2D eigenvalue weighted by atomic mass is 16.6. The fourth-order valence-corrected chi connectivity index (χ4v) is 6.95. The van der Waals surface area contributed by atoms with Gasteiger partial charge in [0.15, 0.2) is 11.4 Å². The first-order valence-corrected chi connectivity index (χ1v) is 17.7. The number of methoxy groups -OCH3 is 1. The van der Waals surface area contributed by atoms with Crippen LogP contribution < -0.4 is 15.4 Å². The summed E-state index contributed by atoms with van der Waals surface area (Å²) in [5.74, 6) is -1.85. The number of hydrogen-bond donors (Lipinski definition) is 5. The topological polar surface area (TPSA) is 169 Å². The van der Waals surface area contributed by atoms with Crippen molar-refractivity contribution in [2.24, 2.45) is 17.8 Å². The van der Waals surface area contributed by atoms with E-state index in [1.54, 1.807) is 19.2 Å². The first-order valence-electron chi connectivity index (χ1n) is 17.7. The van der Waals surface area contributed by atoms with Crippen molar-refractivity contribution in [3.8, 4) is 5.75 Å². The molecule has 272 valence electrons. The van der Waals surface area contributed by atoms with Gasteiger partial charge in [0.05, 0.1) is 63.2 Å². The van der Waals surface area contributed by atoms with E-state index in [2.05, 4.69) is 15.6 Å². The predicted molar refractivity (Wildman–Crippen MR) is 183 cm³/mol. The lowest BCUT2D eigenvalue weighted by Crippen LogP contribution is -2.55. The molecular formula is C37H55N3O9. The number of aromatic nitrogens is 1. The monoisotopic (exact) mass is 685 g/mol. The van der Waals surface area contributed by atoms with Gasteiger partial charge in [-0.3, -0.25) is 9.59 Å². The number of fused-ring (bicyclic) bond motifs is 1. The Labute approximate surface area is 289 Å². The Bertz CT molecular complexity index is 1310. The fraction of sp³-hybridized carbons (Fsp3) is 0.649. The molecule has 2 aliphatic carbocycles. The van der Waals surface area contributed by atoms with Crippen LogP contribution in [0.4, 0.5) is 0 Å². The third-order valence-electron chi connectivity index (χ3n) is 9.56. The lowest BCUT2D eigenvalue weighted by molar-refractivity contribution is -0.137. The molecule has 0 unspecified atom stereocenters. The van der Waals surface area contributed by atoms with Gasteiger partial charge in [-0.15, -0.1) is 0 Å². The summed E-state index contributed by atoms with van der Waals surface area (Å²) < 4.78 is 21.7. The van der Waals surface area contributed by atoms with Crippen LogP contribution in [0.25, 0.3) is 0 Å². The van der Waals surface area contributed by atoms with Crippen molar-refractivity contribution >= 4 is 11.8 Å². The van der Waals surface area contributed by atoms with Crippen LogP contribution >= 0.6 is 0 Å². The van der Waals surface area contributed by atoms with Gasteiger partial charge in [0.1, 0.15) is 12.7 Å². The van der Waals surface area contributed by atoms with Crippen LogP contribution in [-0.4, -0.2) is 103 Å². The number of hydrogen-bond acceptors (Lipinski definition) is 10. The van der Waals surface area contributed by atoms with Crippen molar-refractivity contribution in [2.45, 2.75) is 89.2 Å². The van der Waals surface area contributed by atoms with Crippen LogP contribution in [-0.2, 0) is 25.4 Å². The molecule has 12 heteroatoms. The SMILES string of the molecule is COCCOCCOCCOc1cccnc1C(=O)N[C@@H](CC1CCCCC1)[C@@H](O)[C@H](O)[C@H](C(=O)N[C@H]1c2ccccc2C[C@H]1O)C(C)C. The average molecular weight is 686 g/mol. The Kier molecular flexibility index (Phi) is 15.7. The zero-order chi connectivity index (χ0) is 35.2. The van der Waals surface area contributed by atoms with E-state index in [0.29, 0.717) is 39.3 Å². The normalized spacial score (nSPS) is 20.3. The van der Waals surface area contributed by atoms with Gasteiger partial charge in [0, 0.05) is 19.7 Å². The molecule has 2 amide bonds. The Morgan fingerprint density at radius 3 is 2.33 bits per heavy atom. The second-order valence-corrected chi connectivity index (χ2v) is 13.4. The molecule has 1 aromatic carbocycles. The van der Waals surface area contributed by atoms with Crippen LogP contribution in [0.15, 0.2) is 42.6 Å². The summed E-state index contributed by atoms with van der Waals surface area (Å²) >= 11 is 0. The summed E-state index contributed by atoms with van der Waals surface area (Å²) in [6, 6.07) is 9.41. The van der Waals surface area contributed by atoms with Crippen molar-refractivity contribution in [2.75, 3.05) is 46.8 Å². The summed E-state index contributed by atoms with van der Waals surface area (Å²) in [4.78, 5) is 31.7. The standard InChI is InChI=1S/C37H55N3O9/c1-24(2)31(36(44)40-32-27-13-8-7-12-26(27)23-29(32)41)35(43)34(42)28(22-25-10-5-4-6-11-25)39-37(45)33-30(14-9-15-38-33)49-21-20-48-19-18-47-17-16-46-3/h7-9,12-15,24-25,28-29,31-32,34-35,41-43H,4-6,10-11,16-23H2,1-3H3,(H,39,45)(H,40,44)/t28-,29+,31+,32-,34+,35+/m0/s1. The minimum absolute atomic E-state index is 0.0489. The Morgan fingerprint density at radius 1 is 0.918 bits per heavy atom. The smallest absolute Gasteiger partial charge is 0.274 e. The van der Waals surface area contributed by atoms with E-state index in [1.807, 2.05) is 38.1 Å². The molecule has 4 rings (SSSR count). The second-order valence-electron chi connectivity index (χ2n) is 13.4. The molecule has 2 aliphatic rings. The average Bonchev–Trinajstić information content (AvgIpc) is 3.41. The van der Waals surface area contributed by atoms with Gasteiger partial charge in [-0.25, -0.2) is 4.98 Å². The second kappa shape index (κ2) is 19.9. The van der Waals surface area contributed by atoms with Crippen LogP contribution in [0.3, 0.4) is 0 Å². The van der Waals surface area contributed by atoms with Crippen LogP contribution in [0.1, 0.15) is 80.0 Å². The number of rotatable bonds is 20. The van der Waals surface area contributed by atoms with Gasteiger partial charge < -0.3 is 44.9 Å². The number of pyridine rings is 1. The molecule has 5 N–H and O–H groups in total.